The quantitative estimate of drug-likeness (QED) is 0.666. The van der Waals surface area contributed by atoms with E-state index in [0.717, 1.165) is 18.0 Å². The summed E-state index contributed by atoms with van der Waals surface area (Å²) in [5, 5.41) is 0. The van der Waals surface area contributed by atoms with Gasteiger partial charge in [0.2, 0.25) is 0 Å². The normalized spacial score (nSPS) is 21.3. The molecule has 1 aliphatic heterocycles. The number of carbonyl (C=O) groups is 1. The molecule has 0 aromatic carbocycles. The number of hydrogen-bond donors (Lipinski definition) is 0. The molecule has 1 rings (SSSR count). The van der Waals surface area contributed by atoms with E-state index in [1.54, 1.807) is 6.08 Å². The van der Waals surface area contributed by atoms with Crippen LogP contribution in [0.25, 0.3) is 0 Å². The van der Waals surface area contributed by atoms with Crippen molar-refractivity contribution in [2.75, 3.05) is 12.3 Å². The van der Waals surface area contributed by atoms with Gasteiger partial charge in [0.05, 0.1) is 5.70 Å². The number of carbonyl (C=O) groups excluding carboxylic acids is 1. The lowest BCUT2D eigenvalue weighted by Crippen LogP contribution is -2.34. The molecule has 0 spiro atoms. The third-order valence-corrected chi connectivity index (χ3v) is 4.40. The molecule has 0 fully saturated rings. The molecule has 86 valence electrons. The molecular weight excluding hydrogens is 208 g/mol. The summed E-state index contributed by atoms with van der Waals surface area (Å²) in [4.78, 5) is 11.7. The van der Waals surface area contributed by atoms with Crippen LogP contribution in [-0.4, -0.2) is 22.5 Å². The molecule has 15 heavy (non-hydrogen) atoms. The Morgan fingerprint density at radius 1 is 1.40 bits per heavy atom. The Bertz CT molecular complexity index is 297. The van der Waals surface area contributed by atoms with Crippen molar-refractivity contribution in [1.82, 2.24) is 4.31 Å². The number of likely N-dealkylation sites (N-methyl/N-ethyl adjacent to an activating group) is 1. The van der Waals surface area contributed by atoms with Crippen molar-refractivity contribution in [3.63, 3.8) is 0 Å². The maximum absolute atomic E-state index is 11.7. The molecule has 0 bridgehead atoms. The number of nitrogens with zero attached hydrogens (tertiary/aromatic N) is 2. The molecule has 1 aliphatic rings. The average Bonchev–Trinajstić information content (AvgIpc) is 2.17. The van der Waals surface area contributed by atoms with E-state index in [4.69, 9.17) is 0 Å². The minimum atomic E-state index is -0.204. The van der Waals surface area contributed by atoms with Gasteiger partial charge in [0, 0.05) is 29.3 Å². The lowest BCUT2D eigenvalue weighted by molar-refractivity contribution is -0.121. The van der Waals surface area contributed by atoms with Gasteiger partial charge in [-0.15, -0.1) is 0 Å². The second-order valence-corrected chi connectivity index (χ2v) is 5.37. The highest BCUT2D eigenvalue weighted by Crippen LogP contribution is 2.14. The van der Waals surface area contributed by atoms with Crippen LogP contribution in [-0.2, 0) is 15.7 Å². The molecule has 0 aromatic heterocycles. The van der Waals surface area contributed by atoms with Crippen LogP contribution in [0, 0.1) is 0 Å². The van der Waals surface area contributed by atoms with Crippen LogP contribution in [0.2, 0.25) is 0 Å². The topological polar surface area (TPSA) is 32.7 Å². The molecule has 0 radical (unpaired) electrons. The molecular formula is C11H20N2OS. The Labute approximate surface area is 94.8 Å². The number of rotatable bonds is 5. The Morgan fingerprint density at radius 2 is 2.13 bits per heavy atom. The third kappa shape index (κ3) is 3.45. The predicted molar refractivity (Wildman–Crippen MR) is 65.3 cm³/mol. The minimum Gasteiger partial charge on any atom is -0.275 e. The van der Waals surface area contributed by atoms with Gasteiger partial charge in [-0.2, -0.15) is 0 Å². The number of unbranched alkanes of at least 4 members (excludes halogenated alkanes) is 2. The van der Waals surface area contributed by atoms with Crippen molar-refractivity contribution in [1.29, 1.82) is 0 Å². The predicted octanol–water partition coefficient (Wildman–Crippen LogP) is 2.66. The lowest BCUT2D eigenvalue weighted by Gasteiger charge is -2.25. The van der Waals surface area contributed by atoms with E-state index in [1.165, 1.54) is 19.3 Å². The molecule has 1 amide bonds. The SMILES string of the molecule is CCCCCS1=NC(C)=CC(=O)N1CC. The van der Waals surface area contributed by atoms with Crippen molar-refractivity contribution in [2.45, 2.75) is 40.0 Å². The van der Waals surface area contributed by atoms with Gasteiger partial charge < -0.3 is 0 Å². The summed E-state index contributed by atoms with van der Waals surface area (Å²) < 4.78 is 6.43. The zero-order valence-electron chi connectivity index (χ0n) is 9.82. The highest BCUT2D eigenvalue weighted by molar-refractivity contribution is 7.85. The van der Waals surface area contributed by atoms with Crippen LogP contribution in [0.15, 0.2) is 16.1 Å². The van der Waals surface area contributed by atoms with Gasteiger partial charge in [-0.3, -0.25) is 9.10 Å². The number of amides is 1. The van der Waals surface area contributed by atoms with Crippen molar-refractivity contribution in [2.24, 2.45) is 4.36 Å². The Hall–Kier alpha value is -0.640. The average molecular weight is 228 g/mol. The van der Waals surface area contributed by atoms with Crippen LogP contribution >= 0.6 is 0 Å². The van der Waals surface area contributed by atoms with E-state index in [0.29, 0.717) is 0 Å². The second-order valence-electron chi connectivity index (χ2n) is 3.66. The maximum Gasteiger partial charge on any atom is 0.258 e. The molecule has 3 nitrogen and oxygen atoms in total. The van der Waals surface area contributed by atoms with Crippen molar-refractivity contribution in [3.8, 4) is 0 Å². The fourth-order valence-corrected chi connectivity index (χ4v) is 3.35. The van der Waals surface area contributed by atoms with Crippen LogP contribution in [0.1, 0.15) is 40.0 Å². The summed E-state index contributed by atoms with van der Waals surface area (Å²) in [7, 11) is -0.204. The van der Waals surface area contributed by atoms with E-state index >= 15 is 0 Å². The first kappa shape index (κ1) is 12.4. The third-order valence-electron chi connectivity index (χ3n) is 2.30. The molecule has 0 N–H and O–H groups in total. The van der Waals surface area contributed by atoms with Gasteiger partial charge in [0.25, 0.3) is 5.91 Å². The lowest BCUT2D eigenvalue weighted by atomic mass is 10.3. The van der Waals surface area contributed by atoms with Gasteiger partial charge in [0.15, 0.2) is 0 Å². The molecule has 1 heterocycles. The van der Waals surface area contributed by atoms with Gasteiger partial charge in [-0.25, -0.2) is 4.36 Å². The fraction of sp³-hybridized carbons (Fsp3) is 0.727. The smallest absolute Gasteiger partial charge is 0.258 e. The summed E-state index contributed by atoms with van der Waals surface area (Å²) in [5.41, 5.74) is 0.879. The summed E-state index contributed by atoms with van der Waals surface area (Å²) in [5.74, 6) is 1.16. The van der Waals surface area contributed by atoms with Crippen LogP contribution < -0.4 is 0 Å². The van der Waals surface area contributed by atoms with Crippen LogP contribution in [0.4, 0.5) is 0 Å². The van der Waals surface area contributed by atoms with E-state index in [1.807, 2.05) is 18.2 Å². The highest BCUT2D eigenvalue weighted by atomic mass is 32.2. The zero-order valence-corrected chi connectivity index (χ0v) is 10.6. The van der Waals surface area contributed by atoms with Crippen molar-refractivity contribution >= 4 is 16.8 Å². The summed E-state index contributed by atoms with van der Waals surface area (Å²) in [6.45, 7) is 6.88. The van der Waals surface area contributed by atoms with Crippen LogP contribution in [0.3, 0.4) is 0 Å². The fourth-order valence-electron chi connectivity index (χ4n) is 1.54. The van der Waals surface area contributed by atoms with Crippen molar-refractivity contribution < 1.29 is 4.79 Å². The molecule has 0 aromatic rings. The molecule has 0 aliphatic carbocycles. The Kier molecular flexibility index (Phi) is 5.02. The summed E-state index contributed by atoms with van der Waals surface area (Å²) in [6.07, 6.45) is 5.24. The number of allylic oxidation sites excluding steroid dienone is 1. The summed E-state index contributed by atoms with van der Waals surface area (Å²) >= 11 is 0. The van der Waals surface area contributed by atoms with E-state index < -0.39 is 0 Å². The molecule has 0 saturated carbocycles. The largest absolute Gasteiger partial charge is 0.275 e. The first-order valence-corrected chi connectivity index (χ1v) is 6.92. The van der Waals surface area contributed by atoms with Gasteiger partial charge >= 0.3 is 0 Å². The zero-order chi connectivity index (χ0) is 11.3. The highest BCUT2D eigenvalue weighted by Gasteiger charge is 2.18. The van der Waals surface area contributed by atoms with Gasteiger partial charge in [-0.05, 0) is 20.3 Å². The monoisotopic (exact) mass is 228 g/mol. The summed E-state index contributed by atoms with van der Waals surface area (Å²) in [6, 6.07) is 0. The standard InChI is InChI=1S/C11H20N2OS/c1-4-6-7-8-15-12-10(3)9-11(14)13(15)5-2/h9H,4-8H2,1-3H3. The molecule has 4 heteroatoms. The van der Waals surface area contributed by atoms with E-state index in [2.05, 4.69) is 11.3 Å². The number of hydrogen-bond acceptors (Lipinski definition) is 2. The Morgan fingerprint density at radius 3 is 2.73 bits per heavy atom. The maximum atomic E-state index is 11.7. The van der Waals surface area contributed by atoms with Crippen molar-refractivity contribution in [3.05, 3.63) is 11.8 Å². The van der Waals surface area contributed by atoms with E-state index in [9.17, 15) is 4.79 Å². The molecule has 1 atom stereocenters. The molecule has 1 unspecified atom stereocenters. The Balaban J connectivity index is 2.65. The molecule has 0 saturated heterocycles. The van der Waals surface area contributed by atoms with Gasteiger partial charge in [0.1, 0.15) is 0 Å². The second kappa shape index (κ2) is 6.05. The van der Waals surface area contributed by atoms with E-state index in [-0.39, 0.29) is 16.8 Å². The van der Waals surface area contributed by atoms with Gasteiger partial charge in [-0.1, -0.05) is 19.8 Å². The van der Waals surface area contributed by atoms with Crippen LogP contribution in [0.5, 0.6) is 0 Å². The first-order chi connectivity index (χ1) is 7.19. The first-order valence-electron chi connectivity index (χ1n) is 5.61. The minimum absolute atomic E-state index is 0.129.